The van der Waals surface area contributed by atoms with Crippen LogP contribution >= 0.6 is 0 Å². The van der Waals surface area contributed by atoms with E-state index in [2.05, 4.69) is 0 Å². The smallest absolute Gasteiger partial charge is 0.398 e. The van der Waals surface area contributed by atoms with Crippen LogP contribution in [-0.2, 0) is 25.9 Å². The second-order valence-electron chi connectivity index (χ2n) is 8.32. The van der Waals surface area contributed by atoms with E-state index in [1.165, 1.54) is 10.6 Å². The molecule has 1 saturated heterocycles. The molecule has 3 rings (SSSR count). The third-order valence-electron chi connectivity index (χ3n) is 5.47. The number of rotatable bonds is 6. The van der Waals surface area contributed by atoms with E-state index in [0.717, 1.165) is 11.1 Å². The van der Waals surface area contributed by atoms with Gasteiger partial charge in [0.05, 0.1) is 29.6 Å². The van der Waals surface area contributed by atoms with E-state index in [4.69, 9.17) is 9.31 Å². The first-order valence-electron chi connectivity index (χ1n) is 9.63. The molecule has 2 aromatic carbocycles. The Labute approximate surface area is 174 Å². The van der Waals surface area contributed by atoms with E-state index in [1.54, 1.807) is 0 Å². The van der Waals surface area contributed by atoms with Gasteiger partial charge in [-0.1, -0.05) is 60.7 Å². The fraction of sp³-hybridized carbons (Fsp3) is 0.364. The van der Waals surface area contributed by atoms with Gasteiger partial charge in [-0.25, -0.2) is 8.42 Å². The molecule has 2 aromatic rings. The second kappa shape index (κ2) is 7.97. The highest BCUT2D eigenvalue weighted by molar-refractivity contribution is 7.88. The molecule has 29 heavy (non-hydrogen) atoms. The van der Waals surface area contributed by atoms with Gasteiger partial charge in [0, 0.05) is 0 Å². The molecule has 7 heteroatoms. The number of hydrogen-bond donors (Lipinski definition) is 0. The summed E-state index contributed by atoms with van der Waals surface area (Å²) in [6.45, 7) is 8.01. The van der Waals surface area contributed by atoms with Gasteiger partial charge >= 0.3 is 7.12 Å². The van der Waals surface area contributed by atoms with Crippen molar-refractivity contribution < 1.29 is 17.7 Å². The Hall–Kier alpha value is -2.09. The molecule has 0 N–H and O–H groups in total. The second-order valence-corrected chi connectivity index (χ2v) is 10.2. The summed E-state index contributed by atoms with van der Waals surface area (Å²) >= 11 is 0. The molecule has 5 nitrogen and oxygen atoms in total. The van der Waals surface area contributed by atoms with Gasteiger partial charge < -0.3 is 9.31 Å². The molecule has 0 aromatic heterocycles. The summed E-state index contributed by atoms with van der Waals surface area (Å²) in [5, 5.41) is 0. The first kappa shape index (κ1) is 21.6. The Morgan fingerprint density at radius 1 is 0.931 bits per heavy atom. The zero-order chi connectivity index (χ0) is 21.3. The molecule has 0 atom stereocenters. The molecule has 1 aliphatic heterocycles. The van der Waals surface area contributed by atoms with Crippen molar-refractivity contribution in [3.63, 3.8) is 0 Å². The van der Waals surface area contributed by atoms with Gasteiger partial charge in [0.2, 0.25) is 10.0 Å². The Bertz CT molecular complexity index is 956. The minimum atomic E-state index is -3.59. The molecule has 0 aliphatic carbocycles. The van der Waals surface area contributed by atoms with Gasteiger partial charge in [-0.15, -0.1) is 0 Å². The van der Waals surface area contributed by atoms with Crippen LogP contribution in [0.15, 0.2) is 66.3 Å². The Morgan fingerprint density at radius 2 is 1.41 bits per heavy atom. The Morgan fingerprint density at radius 3 is 1.90 bits per heavy atom. The average Bonchev–Trinajstić information content (AvgIpc) is 2.86. The number of hydrogen-bond acceptors (Lipinski definition) is 4. The topological polar surface area (TPSA) is 55.8 Å². The lowest BCUT2D eigenvalue weighted by Crippen LogP contribution is -2.41. The number of benzene rings is 2. The summed E-state index contributed by atoms with van der Waals surface area (Å²) < 4.78 is 39.4. The maximum atomic E-state index is 12.8. The summed E-state index contributed by atoms with van der Waals surface area (Å²) in [6.07, 6.45) is 3.03. The minimum Gasteiger partial charge on any atom is -0.398 e. The first-order valence-corrected chi connectivity index (χ1v) is 11.5. The fourth-order valence-corrected chi connectivity index (χ4v) is 4.00. The van der Waals surface area contributed by atoms with Crippen molar-refractivity contribution >= 4 is 23.2 Å². The van der Waals surface area contributed by atoms with Crippen LogP contribution in [0.3, 0.4) is 0 Å². The van der Waals surface area contributed by atoms with Gasteiger partial charge in [-0.3, -0.25) is 4.31 Å². The molecule has 0 amide bonds. The van der Waals surface area contributed by atoms with Crippen molar-refractivity contribution in [2.24, 2.45) is 0 Å². The molecular weight excluding hydrogens is 385 g/mol. The average molecular weight is 413 g/mol. The highest BCUT2D eigenvalue weighted by atomic mass is 32.2. The van der Waals surface area contributed by atoms with Crippen molar-refractivity contribution in [1.82, 2.24) is 4.31 Å². The van der Waals surface area contributed by atoms with Crippen LogP contribution in [0.25, 0.3) is 6.08 Å². The molecule has 154 valence electrons. The molecule has 0 bridgehead atoms. The van der Waals surface area contributed by atoms with Crippen molar-refractivity contribution in [2.45, 2.75) is 45.4 Å². The van der Waals surface area contributed by atoms with E-state index >= 15 is 0 Å². The van der Waals surface area contributed by atoms with Crippen LogP contribution in [0.5, 0.6) is 0 Å². The van der Waals surface area contributed by atoms with Gasteiger partial charge in [-0.05, 0) is 44.9 Å². The van der Waals surface area contributed by atoms with Crippen LogP contribution in [0.2, 0.25) is 0 Å². The van der Waals surface area contributed by atoms with Crippen molar-refractivity contribution in [3.05, 3.63) is 77.4 Å². The highest BCUT2D eigenvalue weighted by Crippen LogP contribution is 2.40. The maximum Gasteiger partial charge on any atom is 0.513 e. The Kier molecular flexibility index (Phi) is 5.94. The lowest BCUT2D eigenvalue weighted by Gasteiger charge is -2.32. The molecule has 1 aliphatic rings. The summed E-state index contributed by atoms with van der Waals surface area (Å²) in [5.74, 6) is 0. The molecule has 0 saturated carbocycles. The number of sulfonamides is 1. The SMILES string of the molecule is CC1(C)OB(/C(=C/c2ccccc2)N(Cc2ccccc2)S(C)(=O)=O)OC1(C)C. The van der Waals surface area contributed by atoms with E-state index in [-0.39, 0.29) is 6.54 Å². The molecule has 0 spiro atoms. The van der Waals surface area contributed by atoms with Crippen LogP contribution < -0.4 is 0 Å². The zero-order valence-corrected chi connectivity index (χ0v) is 18.4. The van der Waals surface area contributed by atoms with E-state index < -0.39 is 28.3 Å². The maximum absolute atomic E-state index is 12.8. The predicted octanol–water partition coefficient (Wildman–Crippen LogP) is 4.12. The van der Waals surface area contributed by atoms with Crippen molar-refractivity contribution in [3.8, 4) is 0 Å². The van der Waals surface area contributed by atoms with E-state index in [1.807, 2.05) is 94.4 Å². The summed E-state index contributed by atoms with van der Waals surface area (Å²) in [7, 11) is -4.40. The van der Waals surface area contributed by atoms with Crippen molar-refractivity contribution in [1.29, 1.82) is 0 Å². The molecule has 1 heterocycles. The van der Waals surface area contributed by atoms with Crippen LogP contribution in [0.4, 0.5) is 0 Å². The molecule has 1 fully saturated rings. The largest absolute Gasteiger partial charge is 0.513 e. The van der Waals surface area contributed by atoms with Crippen LogP contribution in [0, 0.1) is 0 Å². The van der Waals surface area contributed by atoms with Crippen LogP contribution in [0.1, 0.15) is 38.8 Å². The normalized spacial score (nSPS) is 18.7. The first-order chi connectivity index (χ1) is 13.5. The van der Waals surface area contributed by atoms with Gasteiger partial charge in [0.15, 0.2) is 0 Å². The number of nitrogens with zero attached hydrogens (tertiary/aromatic N) is 1. The standard InChI is InChI=1S/C22H28BNO4S/c1-21(2)22(3,4)28-23(27-21)20(16-18-12-8-6-9-13-18)24(29(5,25)26)17-19-14-10-7-11-15-19/h6-16H,17H2,1-5H3/b20-16-. The van der Waals surface area contributed by atoms with Crippen LogP contribution in [-0.4, -0.2) is 37.3 Å². The lowest BCUT2D eigenvalue weighted by atomic mass is 9.82. The van der Waals surface area contributed by atoms with Crippen molar-refractivity contribution in [2.75, 3.05) is 6.26 Å². The fourth-order valence-electron chi connectivity index (χ4n) is 3.09. The molecule has 0 radical (unpaired) electrons. The third-order valence-corrected chi connectivity index (χ3v) is 6.61. The molecular formula is C22H28BNO4S. The Balaban J connectivity index is 2.09. The summed E-state index contributed by atoms with van der Waals surface area (Å²) in [6, 6.07) is 19.1. The predicted molar refractivity (Wildman–Crippen MR) is 117 cm³/mol. The highest BCUT2D eigenvalue weighted by Gasteiger charge is 2.54. The monoisotopic (exact) mass is 413 g/mol. The summed E-state index contributed by atoms with van der Waals surface area (Å²) in [5.41, 5.74) is 1.06. The van der Waals surface area contributed by atoms with Gasteiger partial charge in [0.1, 0.15) is 0 Å². The van der Waals surface area contributed by atoms with E-state index in [0.29, 0.717) is 5.60 Å². The van der Waals surface area contributed by atoms with Gasteiger partial charge in [-0.2, -0.15) is 0 Å². The minimum absolute atomic E-state index is 0.197. The van der Waals surface area contributed by atoms with Gasteiger partial charge in [0.25, 0.3) is 0 Å². The quantitative estimate of drug-likeness (QED) is 0.669. The zero-order valence-electron chi connectivity index (χ0n) is 17.6. The lowest BCUT2D eigenvalue weighted by molar-refractivity contribution is 0.00578. The molecule has 0 unspecified atom stereocenters. The third kappa shape index (κ3) is 4.91. The van der Waals surface area contributed by atoms with E-state index in [9.17, 15) is 8.42 Å². The summed E-state index contributed by atoms with van der Waals surface area (Å²) in [4.78, 5) is 0.